The number of nitrogens with zero attached hydrogens (tertiary/aromatic N) is 1. The number of nitrogen functional groups attached to an aromatic ring is 1. The lowest BCUT2D eigenvalue weighted by molar-refractivity contribution is 0.571. The van der Waals surface area contributed by atoms with Gasteiger partial charge in [-0.25, -0.2) is 0 Å². The molecule has 0 unspecified atom stereocenters. The highest BCUT2D eigenvalue weighted by Gasteiger charge is 2.08. The third-order valence-electron chi connectivity index (χ3n) is 3.80. The highest BCUT2D eigenvalue weighted by Crippen LogP contribution is 2.26. The summed E-state index contributed by atoms with van der Waals surface area (Å²) < 4.78 is 5.72. The minimum Gasteiger partial charge on any atom is -0.453 e. The molecule has 0 aliphatic rings. The van der Waals surface area contributed by atoms with Crippen LogP contribution in [0.15, 0.2) is 70.1 Å². The molecule has 0 fully saturated rings. The van der Waals surface area contributed by atoms with Gasteiger partial charge in [0.15, 0.2) is 11.6 Å². The summed E-state index contributed by atoms with van der Waals surface area (Å²) in [7, 11) is 1.63. The van der Waals surface area contributed by atoms with Crippen LogP contribution in [0, 0.1) is 5.41 Å². The molecule has 2 aromatic carbocycles. The number of nitrogens with two attached hydrogens (primary N) is 2. The van der Waals surface area contributed by atoms with Crippen molar-refractivity contribution in [1.29, 1.82) is 5.41 Å². The molecule has 3 rings (SSSR count). The van der Waals surface area contributed by atoms with Gasteiger partial charge in [0.2, 0.25) is 0 Å². The molecule has 0 radical (unpaired) electrons. The fourth-order valence-corrected chi connectivity index (χ4v) is 2.41. The SMILES string of the molecule is CN=C(N)c1ccc(-c2ccc(-c3ccc(C(=N)N)cc3)cc2)o1. The van der Waals surface area contributed by atoms with Crippen molar-refractivity contribution in [3.63, 3.8) is 0 Å². The Balaban J connectivity index is 1.85. The van der Waals surface area contributed by atoms with E-state index in [0.717, 1.165) is 22.5 Å². The first-order valence-corrected chi connectivity index (χ1v) is 7.46. The highest BCUT2D eigenvalue weighted by molar-refractivity contribution is 5.96. The number of amidine groups is 2. The fourth-order valence-electron chi connectivity index (χ4n) is 2.41. The lowest BCUT2D eigenvalue weighted by Gasteiger charge is -2.05. The Labute approximate surface area is 140 Å². The second-order valence-corrected chi connectivity index (χ2v) is 5.34. The summed E-state index contributed by atoms with van der Waals surface area (Å²) in [5, 5.41) is 7.43. The molecule has 3 aromatic rings. The lowest BCUT2D eigenvalue weighted by atomic mass is 10.0. The molecule has 0 saturated carbocycles. The molecule has 5 N–H and O–H groups in total. The molecular formula is C19H18N4O. The number of hydrogen-bond acceptors (Lipinski definition) is 3. The first kappa shape index (κ1) is 15.6. The van der Waals surface area contributed by atoms with E-state index in [4.69, 9.17) is 21.3 Å². The lowest BCUT2D eigenvalue weighted by Crippen LogP contribution is -2.11. The van der Waals surface area contributed by atoms with E-state index < -0.39 is 0 Å². The summed E-state index contributed by atoms with van der Waals surface area (Å²) in [6, 6.07) is 19.3. The first-order chi connectivity index (χ1) is 11.6. The second-order valence-electron chi connectivity index (χ2n) is 5.34. The maximum Gasteiger partial charge on any atom is 0.169 e. The first-order valence-electron chi connectivity index (χ1n) is 7.46. The predicted molar refractivity (Wildman–Crippen MR) is 97.2 cm³/mol. The molecule has 120 valence electrons. The molecule has 0 aliphatic carbocycles. The Bertz CT molecular complexity index is 890. The fraction of sp³-hybridized carbons (Fsp3) is 0.0526. The van der Waals surface area contributed by atoms with Crippen molar-refractivity contribution in [2.45, 2.75) is 0 Å². The van der Waals surface area contributed by atoms with E-state index in [2.05, 4.69) is 4.99 Å². The van der Waals surface area contributed by atoms with Crippen molar-refractivity contribution in [1.82, 2.24) is 0 Å². The molecule has 5 nitrogen and oxygen atoms in total. The van der Waals surface area contributed by atoms with Crippen LogP contribution in [0.1, 0.15) is 11.3 Å². The Morgan fingerprint density at radius 2 is 1.38 bits per heavy atom. The van der Waals surface area contributed by atoms with Crippen LogP contribution in [0.2, 0.25) is 0 Å². The van der Waals surface area contributed by atoms with Gasteiger partial charge in [-0.3, -0.25) is 10.4 Å². The van der Waals surface area contributed by atoms with Crippen LogP contribution >= 0.6 is 0 Å². The van der Waals surface area contributed by atoms with Crippen molar-refractivity contribution in [3.8, 4) is 22.5 Å². The van der Waals surface area contributed by atoms with E-state index in [1.54, 1.807) is 7.05 Å². The van der Waals surface area contributed by atoms with E-state index in [-0.39, 0.29) is 5.84 Å². The molecule has 24 heavy (non-hydrogen) atoms. The average molecular weight is 318 g/mol. The van der Waals surface area contributed by atoms with Gasteiger partial charge in [0.25, 0.3) is 0 Å². The maximum absolute atomic E-state index is 7.43. The monoisotopic (exact) mass is 318 g/mol. The zero-order valence-electron chi connectivity index (χ0n) is 13.3. The number of nitrogens with one attached hydrogen (secondary N) is 1. The Kier molecular flexibility index (Phi) is 4.16. The van der Waals surface area contributed by atoms with Crippen molar-refractivity contribution in [2.75, 3.05) is 7.05 Å². The molecule has 0 bridgehead atoms. The van der Waals surface area contributed by atoms with Crippen molar-refractivity contribution in [2.24, 2.45) is 16.5 Å². The summed E-state index contributed by atoms with van der Waals surface area (Å²) >= 11 is 0. The summed E-state index contributed by atoms with van der Waals surface area (Å²) in [5.41, 5.74) is 15.1. The van der Waals surface area contributed by atoms with Gasteiger partial charge in [0.1, 0.15) is 11.6 Å². The van der Waals surface area contributed by atoms with E-state index in [0.29, 0.717) is 17.2 Å². The number of benzene rings is 2. The van der Waals surface area contributed by atoms with Crippen LogP contribution < -0.4 is 11.5 Å². The van der Waals surface area contributed by atoms with E-state index >= 15 is 0 Å². The summed E-state index contributed by atoms with van der Waals surface area (Å²) in [4.78, 5) is 3.92. The molecule has 1 heterocycles. The molecule has 0 atom stereocenters. The smallest absolute Gasteiger partial charge is 0.169 e. The predicted octanol–water partition coefficient (Wildman–Crippen LogP) is 3.23. The van der Waals surface area contributed by atoms with Gasteiger partial charge in [-0.15, -0.1) is 0 Å². The van der Waals surface area contributed by atoms with E-state index in [9.17, 15) is 0 Å². The second kappa shape index (κ2) is 6.42. The van der Waals surface area contributed by atoms with Gasteiger partial charge in [0.05, 0.1) is 0 Å². The van der Waals surface area contributed by atoms with Crippen LogP contribution in [0.5, 0.6) is 0 Å². The highest BCUT2D eigenvalue weighted by atomic mass is 16.3. The normalized spacial score (nSPS) is 11.5. The standard InChI is InChI=1S/C19H18N4O/c1-23-19(22)17-11-10-16(24-17)14-6-2-12(3-7-14)13-4-8-15(9-5-13)18(20)21/h2-11H,1H3,(H3,20,21)(H2,22,23). The third-order valence-corrected chi connectivity index (χ3v) is 3.80. The number of aliphatic imine (C=N–C) groups is 1. The minimum absolute atomic E-state index is 0.0698. The van der Waals surface area contributed by atoms with Gasteiger partial charge < -0.3 is 15.9 Å². The number of furan rings is 1. The molecule has 0 aliphatic heterocycles. The molecule has 0 amide bonds. The van der Waals surface area contributed by atoms with Crippen molar-refractivity contribution in [3.05, 3.63) is 72.0 Å². The maximum atomic E-state index is 7.43. The largest absolute Gasteiger partial charge is 0.453 e. The number of hydrogen-bond donors (Lipinski definition) is 3. The van der Waals surface area contributed by atoms with Crippen LogP contribution in [0.4, 0.5) is 0 Å². The van der Waals surface area contributed by atoms with Crippen LogP contribution in [0.25, 0.3) is 22.5 Å². The summed E-state index contributed by atoms with van der Waals surface area (Å²) in [6.45, 7) is 0. The molecular weight excluding hydrogens is 300 g/mol. The van der Waals surface area contributed by atoms with Gasteiger partial charge in [0, 0.05) is 18.2 Å². The van der Waals surface area contributed by atoms with Gasteiger partial charge >= 0.3 is 0 Å². The summed E-state index contributed by atoms with van der Waals surface area (Å²) in [6.07, 6.45) is 0. The van der Waals surface area contributed by atoms with Gasteiger partial charge in [-0.2, -0.15) is 0 Å². The van der Waals surface area contributed by atoms with Crippen LogP contribution in [-0.4, -0.2) is 18.7 Å². The molecule has 5 heteroatoms. The van der Waals surface area contributed by atoms with Crippen LogP contribution in [-0.2, 0) is 0 Å². The Morgan fingerprint density at radius 1 is 0.833 bits per heavy atom. The quantitative estimate of drug-likeness (QED) is 0.508. The molecule has 0 spiro atoms. The van der Waals surface area contributed by atoms with Gasteiger partial charge in [-0.1, -0.05) is 48.5 Å². The zero-order valence-corrected chi connectivity index (χ0v) is 13.3. The van der Waals surface area contributed by atoms with E-state index in [1.165, 1.54) is 0 Å². The topological polar surface area (TPSA) is 101 Å². The number of rotatable bonds is 4. The average Bonchev–Trinajstić information content (AvgIpc) is 3.11. The van der Waals surface area contributed by atoms with Crippen molar-refractivity contribution < 1.29 is 4.42 Å². The molecule has 1 aromatic heterocycles. The molecule has 0 saturated heterocycles. The summed E-state index contributed by atoms with van der Waals surface area (Å²) in [5.74, 6) is 1.76. The Hall–Kier alpha value is -3.34. The van der Waals surface area contributed by atoms with Crippen molar-refractivity contribution >= 4 is 11.7 Å². The van der Waals surface area contributed by atoms with E-state index in [1.807, 2.05) is 60.7 Å². The minimum atomic E-state index is 0.0698. The zero-order chi connectivity index (χ0) is 17.1. The van der Waals surface area contributed by atoms with Gasteiger partial charge in [-0.05, 0) is 23.3 Å². The van der Waals surface area contributed by atoms with Crippen LogP contribution in [0.3, 0.4) is 0 Å². The Morgan fingerprint density at radius 3 is 1.92 bits per heavy atom. The third kappa shape index (κ3) is 3.05.